The topological polar surface area (TPSA) is 237 Å². The second-order valence-electron chi connectivity index (χ2n) is 28.9. The van der Waals surface area contributed by atoms with Gasteiger partial charge in [-0.2, -0.15) is 0 Å². The van der Waals surface area contributed by atoms with E-state index in [4.69, 9.17) is 37.0 Å². The minimum absolute atomic E-state index is 0.104. The molecule has 0 aliphatic heterocycles. The van der Waals surface area contributed by atoms with Crippen LogP contribution < -0.4 is 0 Å². The maximum absolute atomic E-state index is 13.1. The summed E-state index contributed by atoms with van der Waals surface area (Å²) in [5.74, 6) is -1.42. The van der Waals surface area contributed by atoms with E-state index in [9.17, 15) is 43.2 Å². The van der Waals surface area contributed by atoms with Crippen LogP contribution >= 0.6 is 15.6 Å². The molecule has 0 aliphatic rings. The summed E-state index contributed by atoms with van der Waals surface area (Å²) < 4.78 is 68.5. The Labute approximate surface area is 600 Å². The third kappa shape index (κ3) is 72.4. The number of rotatable bonds is 79. The molecule has 0 bridgehead atoms. The fourth-order valence-electron chi connectivity index (χ4n) is 12.2. The standard InChI is InChI=1S/C79H154O17P2/c1-6-9-12-15-18-21-23-25-27-29-31-32-34-36-38-40-42-44-49-54-59-64-78(83)95-74(69-90-77(82)63-58-53-48-43-41-39-37-35-33-30-28-26-24-22-19-16-13-10-7-2)70-93-97(85,86)91-66-73(80)67-92-98(87,88)94-71-75(68-89-76(81)62-57-52-47-20-17-14-11-8-3)96-79(84)65-60-55-50-45-46-51-56-61-72(4)5/h72-75,80H,6-71H2,1-5H3,(H,85,86)(H,87,88)/t73-,74-,75-/m1/s1. The molecule has 0 amide bonds. The van der Waals surface area contributed by atoms with Crippen molar-refractivity contribution in [3.8, 4) is 0 Å². The Morgan fingerprint density at radius 1 is 0.276 bits per heavy atom. The number of carbonyl (C=O) groups excluding carboxylic acids is 4. The number of unbranched alkanes of at least 4 members (excludes halogenated alkanes) is 51. The monoisotopic (exact) mass is 1440 g/mol. The van der Waals surface area contributed by atoms with Gasteiger partial charge in [-0.25, -0.2) is 9.13 Å². The average molecular weight is 1440 g/mol. The van der Waals surface area contributed by atoms with Crippen LogP contribution in [0.15, 0.2) is 0 Å². The van der Waals surface area contributed by atoms with Crippen LogP contribution in [0.3, 0.4) is 0 Å². The number of aliphatic hydroxyl groups is 1. The van der Waals surface area contributed by atoms with Crippen molar-refractivity contribution >= 4 is 39.5 Å². The van der Waals surface area contributed by atoms with Gasteiger partial charge in [-0.05, 0) is 31.6 Å². The molecule has 0 saturated carbocycles. The first-order chi connectivity index (χ1) is 47.5. The van der Waals surface area contributed by atoms with Crippen molar-refractivity contribution in [3.63, 3.8) is 0 Å². The van der Waals surface area contributed by atoms with Gasteiger partial charge < -0.3 is 33.8 Å². The minimum atomic E-state index is -4.96. The first-order valence-corrected chi connectivity index (χ1v) is 44.1. The summed E-state index contributed by atoms with van der Waals surface area (Å²) in [6.07, 6.45) is 62.9. The molecule has 0 aromatic carbocycles. The molecule has 0 rings (SSSR count). The summed E-state index contributed by atoms with van der Waals surface area (Å²) in [5, 5.41) is 10.6. The average Bonchev–Trinajstić information content (AvgIpc) is 1.09. The molecule has 5 atom stereocenters. The summed E-state index contributed by atoms with van der Waals surface area (Å²) in [7, 11) is -9.91. The zero-order valence-electron chi connectivity index (χ0n) is 63.9. The largest absolute Gasteiger partial charge is 0.472 e. The molecule has 582 valence electrons. The highest BCUT2D eigenvalue weighted by Crippen LogP contribution is 2.45. The Kier molecular flexibility index (Phi) is 70.6. The Morgan fingerprint density at radius 3 is 0.694 bits per heavy atom. The van der Waals surface area contributed by atoms with Crippen LogP contribution in [0, 0.1) is 5.92 Å². The molecular weight excluding hydrogens is 1280 g/mol. The van der Waals surface area contributed by atoms with Crippen LogP contribution in [0.5, 0.6) is 0 Å². The van der Waals surface area contributed by atoms with Gasteiger partial charge in [-0.1, -0.05) is 369 Å². The van der Waals surface area contributed by atoms with Crippen LogP contribution in [0.25, 0.3) is 0 Å². The molecule has 98 heavy (non-hydrogen) atoms. The van der Waals surface area contributed by atoms with Gasteiger partial charge in [-0.3, -0.25) is 37.3 Å². The number of esters is 4. The molecule has 19 heteroatoms. The van der Waals surface area contributed by atoms with Crippen molar-refractivity contribution in [1.29, 1.82) is 0 Å². The maximum Gasteiger partial charge on any atom is 0.472 e. The number of carbonyl (C=O) groups is 4. The first-order valence-electron chi connectivity index (χ1n) is 41.1. The molecule has 0 saturated heterocycles. The van der Waals surface area contributed by atoms with Gasteiger partial charge in [-0.15, -0.1) is 0 Å². The fourth-order valence-corrected chi connectivity index (χ4v) is 13.8. The highest BCUT2D eigenvalue weighted by molar-refractivity contribution is 7.47. The molecule has 0 spiro atoms. The smallest absolute Gasteiger partial charge is 0.462 e. The van der Waals surface area contributed by atoms with E-state index in [0.29, 0.717) is 31.6 Å². The normalized spacial score (nSPS) is 13.9. The molecule has 2 unspecified atom stereocenters. The number of hydrogen-bond donors (Lipinski definition) is 3. The first kappa shape index (κ1) is 96.1. The van der Waals surface area contributed by atoms with E-state index in [1.165, 1.54) is 238 Å². The van der Waals surface area contributed by atoms with Gasteiger partial charge in [0.25, 0.3) is 0 Å². The van der Waals surface area contributed by atoms with Crippen molar-refractivity contribution in [2.45, 2.75) is 438 Å². The Hall–Kier alpha value is -1.94. The summed E-state index contributed by atoms with van der Waals surface area (Å²) in [6.45, 7) is 7.21. The van der Waals surface area contributed by atoms with Gasteiger partial charge >= 0.3 is 39.5 Å². The molecule has 0 fully saturated rings. The van der Waals surface area contributed by atoms with E-state index in [2.05, 4.69) is 34.6 Å². The van der Waals surface area contributed by atoms with Gasteiger partial charge in [0.1, 0.15) is 19.3 Å². The van der Waals surface area contributed by atoms with Crippen molar-refractivity contribution < 1.29 is 80.2 Å². The molecule has 0 aliphatic carbocycles. The fraction of sp³-hybridized carbons (Fsp3) is 0.949. The van der Waals surface area contributed by atoms with Gasteiger partial charge in [0, 0.05) is 25.7 Å². The lowest BCUT2D eigenvalue weighted by atomic mass is 10.0. The van der Waals surface area contributed by atoms with Crippen LogP contribution in [0.4, 0.5) is 0 Å². The Balaban J connectivity index is 5.16. The summed E-state index contributed by atoms with van der Waals surface area (Å²) >= 11 is 0. The van der Waals surface area contributed by atoms with Gasteiger partial charge in [0.2, 0.25) is 0 Å². The van der Waals surface area contributed by atoms with E-state index in [-0.39, 0.29) is 25.7 Å². The van der Waals surface area contributed by atoms with Gasteiger partial charge in [0.05, 0.1) is 26.4 Å². The third-order valence-electron chi connectivity index (χ3n) is 18.5. The summed E-state index contributed by atoms with van der Waals surface area (Å²) in [4.78, 5) is 72.8. The van der Waals surface area contributed by atoms with E-state index >= 15 is 0 Å². The molecule has 0 radical (unpaired) electrons. The molecular formula is C79H154O17P2. The second-order valence-corrected chi connectivity index (χ2v) is 31.8. The second kappa shape index (κ2) is 72.0. The van der Waals surface area contributed by atoms with E-state index in [0.717, 1.165) is 96.3 Å². The highest BCUT2D eigenvalue weighted by atomic mass is 31.2. The Bertz CT molecular complexity index is 1870. The number of ether oxygens (including phenoxy) is 4. The number of hydrogen-bond acceptors (Lipinski definition) is 15. The lowest BCUT2D eigenvalue weighted by Gasteiger charge is -2.21. The Morgan fingerprint density at radius 2 is 0.469 bits per heavy atom. The van der Waals surface area contributed by atoms with Gasteiger partial charge in [0.15, 0.2) is 12.2 Å². The summed E-state index contributed by atoms with van der Waals surface area (Å²) in [5.41, 5.74) is 0. The van der Waals surface area contributed by atoms with Crippen molar-refractivity contribution in [1.82, 2.24) is 0 Å². The van der Waals surface area contributed by atoms with E-state index in [1.807, 2.05) is 0 Å². The highest BCUT2D eigenvalue weighted by Gasteiger charge is 2.30. The van der Waals surface area contributed by atoms with Crippen molar-refractivity contribution in [2.24, 2.45) is 5.92 Å². The quantitative estimate of drug-likeness (QED) is 0.0222. The lowest BCUT2D eigenvalue weighted by Crippen LogP contribution is -2.30. The van der Waals surface area contributed by atoms with Crippen LogP contribution in [-0.2, 0) is 65.4 Å². The van der Waals surface area contributed by atoms with E-state index in [1.54, 1.807) is 0 Å². The third-order valence-corrected chi connectivity index (χ3v) is 20.4. The molecule has 0 aromatic rings. The van der Waals surface area contributed by atoms with Crippen molar-refractivity contribution in [2.75, 3.05) is 39.6 Å². The molecule has 17 nitrogen and oxygen atoms in total. The predicted octanol–water partition coefficient (Wildman–Crippen LogP) is 23.6. The zero-order valence-corrected chi connectivity index (χ0v) is 65.7. The van der Waals surface area contributed by atoms with E-state index < -0.39 is 97.5 Å². The zero-order chi connectivity index (χ0) is 71.9. The van der Waals surface area contributed by atoms with Crippen LogP contribution in [0.1, 0.15) is 420 Å². The maximum atomic E-state index is 13.1. The summed E-state index contributed by atoms with van der Waals surface area (Å²) in [6, 6.07) is 0. The molecule has 0 heterocycles. The predicted molar refractivity (Wildman–Crippen MR) is 400 cm³/mol. The molecule has 0 aromatic heterocycles. The molecule has 3 N–H and O–H groups in total. The number of phosphoric acid groups is 2. The lowest BCUT2D eigenvalue weighted by molar-refractivity contribution is -0.161. The SMILES string of the molecule is CCCCCCCCCCCCCCCCCCCCCCCC(=O)O[C@H](COC(=O)CCCCCCCCCCCCCCCCCCCCC)COP(=O)(O)OC[C@@H](O)COP(=O)(O)OC[C@@H](COC(=O)CCCCCCCCCC)OC(=O)CCCCCCCCCC(C)C. The minimum Gasteiger partial charge on any atom is -0.462 e. The van der Waals surface area contributed by atoms with Crippen LogP contribution in [0.2, 0.25) is 0 Å². The van der Waals surface area contributed by atoms with Crippen molar-refractivity contribution in [3.05, 3.63) is 0 Å². The van der Waals surface area contributed by atoms with Crippen LogP contribution in [-0.4, -0.2) is 96.7 Å². The number of aliphatic hydroxyl groups excluding tert-OH is 1. The number of phosphoric ester groups is 2.